The Labute approximate surface area is 190 Å². The van der Waals surface area contributed by atoms with Gasteiger partial charge < -0.3 is 25.2 Å². The fraction of sp³-hybridized carbons (Fsp3) is 0.389. The molecule has 0 aliphatic carbocycles. The molecule has 33 heavy (non-hydrogen) atoms. The Morgan fingerprint density at radius 1 is 1.30 bits per heavy atom. The number of aliphatic hydroxyl groups excluding tert-OH is 2. The van der Waals surface area contributed by atoms with Gasteiger partial charge in [-0.15, -0.1) is 0 Å². The van der Waals surface area contributed by atoms with Crippen LogP contribution in [0.4, 0.5) is 14.6 Å². The summed E-state index contributed by atoms with van der Waals surface area (Å²) in [5.41, 5.74) is 4.17. The van der Waals surface area contributed by atoms with Crippen LogP contribution in [0.2, 0.25) is 0 Å². The third-order valence-corrected chi connectivity index (χ3v) is 7.66. The first-order valence-electron chi connectivity index (χ1n) is 9.66. The van der Waals surface area contributed by atoms with Crippen LogP contribution >= 0.6 is 6.72 Å². The van der Waals surface area contributed by atoms with E-state index >= 15 is 0 Å². The summed E-state index contributed by atoms with van der Waals surface area (Å²) in [5.74, 6) is 0.478. The number of halogens is 2. The first kappa shape index (κ1) is 22.5. The minimum atomic E-state index is -3.48. The summed E-state index contributed by atoms with van der Waals surface area (Å²) in [7, 11) is 0. The SMILES string of the molecule is Nc1ncnc2c1ncn2[C@@H]1O[C@@](COP2(=S)OCc3ccccc3O2)(C(F)F)[C@@H](O)[C@@H]1O. The summed E-state index contributed by atoms with van der Waals surface area (Å²) in [6.45, 7) is -4.31. The highest BCUT2D eigenvalue weighted by atomic mass is 32.5. The lowest BCUT2D eigenvalue weighted by Gasteiger charge is -2.34. The molecule has 0 saturated carbocycles. The Kier molecular flexibility index (Phi) is 5.56. The van der Waals surface area contributed by atoms with E-state index in [0.717, 1.165) is 11.9 Å². The van der Waals surface area contributed by atoms with Crippen molar-refractivity contribution in [2.24, 2.45) is 0 Å². The molecule has 4 heterocycles. The van der Waals surface area contributed by atoms with Crippen LogP contribution in [0, 0.1) is 0 Å². The van der Waals surface area contributed by atoms with Gasteiger partial charge in [0.15, 0.2) is 23.3 Å². The van der Waals surface area contributed by atoms with Crippen LogP contribution in [0.25, 0.3) is 11.2 Å². The third-order valence-electron chi connectivity index (χ3n) is 5.50. The quantitative estimate of drug-likeness (QED) is 0.437. The molecule has 3 aromatic rings. The lowest BCUT2D eigenvalue weighted by Crippen LogP contribution is -2.52. The molecule has 1 unspecified atom stereocenters. The van der Waals surface area contributed by atoms with Gasteiger partial charge in [0.1, 0.15) is 29.8 Å². The van der Waals surface area contributed by atoms with E-state index in [1.165, 1.54) is 10.9 Å². The molecular weight excluding hydrogens is 483 g/mol. The third kappa shape index (κ3) is 3.67. The van der Waals surface area contributed by atoms with E-state index in [0.29, 0.717) is 5.75 Å². The van der Waals surface area contributed by atoms with Crippen LogP contribution in [-0.4, -0.2) is 60.6 Å². The first-order chi connectivity index (χ1) is 15.7. The number of anilines is 1. The van der Waals surface area contributed by atoms with Crippen molar-refractivity contribution in [2.75, 3.05) is 12.3 Å². The van der Waals surface area contributed by atoms with Crippen molar-refractivity contribution >= 4 is 35.5 Å². The van der Waals surface area contributed by atoms with Crippen LogP contribution in [0.1, 0.15) is 11.8 Å². The zero-order valence-electron chi connectivity index (χ0n) is 16.7. The lowest BCUT2D eigenvalue weighted by atomic mass is 9.96. The van der Waals surface area contributed by atoms with E-state index in [-0.39, 0.29) is 23.6 Å². The fourth-order valence-corrected chi connectivity index (χ4v) is 5.51. The van der Waals surface area contributed by atoms with Crippen LogP contribution in [0.15, 0.2) is 36.9 Å². The number of nitrogens with two attached hydrogens (primary N) is 1. The Morgan fingerprint density at radius 3 is 2.88 bits per heavy atom. The molecule has 15 heteroatoms. The summed E-state index contributed by atoms with van der Waals surface area (Å²) in [6, 6.07) is 6.94. The molecule has 0 radical (unpaired) electrons. The Balaban J connectivity index is 1.42. The topological polar surface area (TPSA) is 147 Å². The van der Waals surface area contributed by atoms with E-state index in [9.17, 15) is 19.0 Å². The van der Waals surface area contributed by atoms with Crippen molar-refractivity contribution < 1.29 is 37.3 Å². The number of fused-ring (bicyclic) bond motifs is 2. The highest BCUT2D eigenvalue weighted by molar-refractivity contribution is 8.07. The summed E-state index contributed by atoms with van der Waals surface area (Å²) in [6.07, 6.45) is -6.20. The normalized spacial score (nSPS) is 31.6. The van der Waals surface area contributed by atoms with Gasteiger partial charge in [0, 0.05) is 17.4 Å². The largest absolute Gasteiger partial charge is 0.424 e. The van der Waals surface area contributed by atoms with Crippen LogP contribution in [0.3, 0.4) is 0 Å². The first-order valence-corrected chi connectivity index (χ1v) is 12.2. The maximum atomic E-state index is 14.3. The molecular formula is C18H18F2N5O6PS. The van der Waals surface area contributed by atoms with Crippen molar-refractivity contribution in [1.29, 1.82) is 0 Å². The predicted molar refractivity (Wildman–Crippen MR) is 113 cm³/mol. The van der Waals surface area contributed by atoms with Gasteiger partial charge in [-0.25, -0.2) is 23.7 Å². The lowest BCUT2D eigenvalue weighted by molar-refractivity contribution is -0.192. The molecule has 4 N–H and O–H groups in total. The second kappa shape index (κ2) is 8.17. The Hall–Kier alpha value is -2.32. The van der Waals surface area contributed by atoms with Gasteiger partial charge in [-0.2, -0.15) is 0 Å². The monoisotopic (exact) mass is 501 g/mol. The van der Waals surface area contributed by atoms with Gasteiger partial charge in [-0.05, 0) is 6.07 Å². The van der Waals surface area contributed by atoms with E-state index in [4.69, 9.17) is 35.8 Å². The summed E-state index contributed by atoms with van der Waals surface area (Å²) >= 11 is 5.31. The molecule has 5 rings (SSSR count). The van der Waals surface area contributed by atoms with E-state index in [2.05, 4.69) is 15.0 Å². The van der Waals surface area contributed by atoms with Crippen molar-refractivity contribution in [3.8, 4) is 5.75 Å². The number of aromatic nitrogens is 4. The van der Waals surface area contributed by atoms with Crippen LogP contribution in [0.5, 0.6) is 5.75 Å². The number of imidazole rings is 1. The van der Waals surface area contributed by atoms with Gasteiger partial charge in [-0.1, -0.05) is 18.2 Å². The van der Waals surface area contributed by atoms with Gasteiger partial charge in [0.05, 0.1) is 19.5 Å². The second-order valence-electron chi connectivity index (χ2n) is 7.48. The summed E-state index contributed by atoms with van der Waals surface area (Å²) < 4.78 is 51.9. The number of hydrogen-bond donors (Lipinski definition) is 3. The predicted octanol–water partition coefficient (Wildman–Crippen LogP) is 1.51. The van der Waals surface area contributed by atoms with Gasteiger partial charge in [-0.3, -0.25) is 13.6 Å². The molecule has 5 atom stereocenters. The standard InChI is InChI=1S/C18H18F2N5O6PS/c19-17(20)18(6-29-32(33)28-5-9-3-1-2-4-10(9)31-32)13(27)12(26)16(30-18)25-8-24-11-14(21)22-7-23-15(11)25/h1-4,7-8,12-13,16-17,26-27H,5-6H2,(H2,21,22,23)/t12-,13-,16+,18+,32?/m0/s1. The summed E-state index contributed by atoms with van der Waals surface area (Å²) in [4.78, 5) is 11.9. The molecule has 0 amide bonds. The maximum absolute atomic E-state index is 14.3. The number of alkyl halides is 2. The smallest absolute Gasteiger partial charge is 0.381 e. The fourth-order valence-electron chi connectivity index (χ4n) is 3.70. The molecule has 2 aromatic heterocycles. The molecule has 1 aromatic carbocycles. The molecule has 176 valence electrons. The van der Waals surface area contributed by atoms with Crippen molar-refractivity contribution in [2.45, 2.75) is 37.1 Å². The van der Waals surface area contributed by atoms with Crippen molar-refractivity contribution in [3.05, 3.63) is 42.5 Å². The maximum Gasteiger partial charge on any atom is 0.381 e. The number of nitrogen functional groups attached to an aromatic ring is 1. The highest BCUT2D eigenvalue weighted by Crippen LogP contribution is 2.56. The van der Waals surface area contributed by atoms with Gasteiger partial charge >= 0.3 is 6.72 Å². The Morgan fingerprint density at radius 2 is 2.09 bits per heavy atom. The number of hydrogen-bond acceptors (Lipinski definition) is 11. The number of nitrogens with zero attached hydrogens (tertiary/aromatic N) is 4. The van der Waals surface area contributed by atoms with Crippen LogP contribution in [-0.2, 0) is 32.2 Å². The number of ether oxygens (including phenoxy) is 1. The van der Waals surface area contributed by atoms with Crippen molar-refractivity contribution in [1.82, 2.24) is 19.5 Å². The molecule has 1 saturated heterocycles. The molecule has 2 aliphatic rings. The number of para-hydroxylation sites is 1. The summed E-state index contributed by atoms with van der Waals surface area (Å²) in [5, 5.41) is 21.2. The average Bonchev–Trinajstić information content (AvgIpc) is 3.33. The van der Waals surface area contributed by atoms with Gasteiger partial charge in [0.2, 0.25) is 0 Å². The van der Waals surface area contributed by atoms with Crippen molar-refractivity contribution in [3.63, 3.8) is 0 Å². The van der Waals surface area contributed by atoms with E-state index in [1.54, 1.807) is 24.3 Å². The minimum Gasteiger partial charge on any atom is -0.424 e. The number of aliphatic hydroxyl groups is 2. The highest BCUT2D eigenvalue weighted by Gasteiger charge is 2.61. The number of benzene rings is 1. The zero-order chi connectivity index (χ0) is 23.4. The number of rotatable bonds is 5. The molecule has 11 nitrogen and oxygen atoms in total. The second-order valence-corrected chi connectivity index (χ2v) is 10.4. The Bertz CT molecular complexity index is 1250. The minimum absolute atomic E-state index is 0.0555. The van der Waals surface area contributed by atoms with Gasteiger partial charge in [0.25, 0.3) is 6.43 Å². The van der Waals surface area contributed by atoms with Crippen LogP contribution < -0.4 is 10.3 Å². The average molecular weight is 501 g/mol. The molecule has 1 fully saturated rings. The molecule has 2 aliphatic heterocycles. The van der Waals surface area contributed by atoms with E-state index < -0.39 is 43.8 Å². The molecule has 0 spiro atoms. The van der Waals surface area contributed by atoms with E-state index in [1.807, 2.05) is 0 Å². The zero-order valence-corrected chi connectivity index (χ0v) is 18.4. The molecule has 0 bridgehead atoms.